The number of benzene rings is 3. The number of amides is 1. The van der Waals surface area contributed by atoms with Crippen molar-refractivity contribution < 1.29 is 19.4 Å². The molecular weight excluding hydrogens is 582 g/mol. The van der Waals surface area contributed by atoms with Crippen LogP contribution in [0.25, 0.3) is 0 Å². The van der Waals surface area contributed by atoms with Crippen molar-refractivity contribution >= 4 is 39.3 Å². The Kier molecular flexibility index (Phi) is 10.2. The monoisotopic (exact) mass is 611 g/mol. The van der Waals surface area contributed by atoms with E-state index in [1.54, 1.807) is 6.08 Å². The fourth-order valence-electron chi connectivity index (χ4n) is 4.32. The zero-order valence-electron chi connectivity index (χ0n) is 21.4. The minimum absolute atomic E-state index is 0.0719. The summed E-state index contributed by atoms with van der Waals surface area (Å²) < 4.78 is 13.0. The van der Waals surface area contributed by atoms with E-state index in [0.717, 1.165) is 21.2 Å². The summed E-state index contributed by atoms with van der Waals surface area (Å²) in [5, 5.41) is 9.66. The highest BCUT2D eigenvalue weighted by atomic mass is 79.9. The zero-order valence-corrected chi connectivity index (χ0v) is 23.7. The maximum Gasteiger partial charge on any atom is 0.266 e. The molecule has 7 nitrogen and oxygen atoms in total. The van der Waals surface area contributed by atoms with E-state index in [0.29, 0.717) is 42.7 Å². The Morgan fingerprint density at radius 3 is 2.59 bits per heavy atom. The SMILES string of the molecule is C=CC[C@]1(C(=O)NNCCc2ccccc2Cl)N=C(c2ccc(OCCCO)cc2)O[C@H]1c1ccc(Br)cc1. The summed E-state index contributed by atoms with van der Waals surface area (Å²) in [5.74, 6) is 0.708. The van der Waals surface area contributed by atoms with Crippen molar-refractivity contribution in [3.63, 3.8) is 0 Å². The van der Waals surface area contributed by atoms with Crippen LogP contribution in [0.1, 0.15) is 35.6 Å². The number of nitrogens with one attached hydrogen (secondary N) is 2. The van der Waals surface area contributed by atoms with Gasteiger partial charge in [-0.2, -0.15) is 0 Å². The number of halogens is 2. The Hall–Kier alpha value is -3.17. The van der Waals surface area contributed by atoms with E-state index in [1.807, 2.05) is 72.8 Å². The van der Waals surface area contributed by atoms with Crippen molar-refractivity contribution in [3.05, 3.63) is 112 Å². The molecule has 0 fully saturated rings. The second-order valence-electron chi connectivity index (χ2n) is 9.06. The Labute approximate surface area is 242 Å². The van der Waals surface area contributed by atoms with E-state index < -0.39 is 11.6 Å². The fourth-order valence-corrected chi connectivity index (χ4v) is 4.82. The topological polar surface area (TPSA) is 92.2 Å². The van der Waals surface area contributed by atoms with Gasteiger partial charge in [0.25, 0.3) is 5.91 Å². The van der Waals surface area contributed by atoms with Gasteiger partial charge in [-0.25, -0.2) is 10.4 Å². The molecule has 0 saturated heterocycles. The summed E-state index contributed by atoms with van der Waals surface area (Å²) >= 11 is 9.74. The molecule has 1 heterocycles. The summed E-state index contributed by atoms with van der Waals surface area (Å²) in [4.78, 5) is 18.7. The van der Waals surface area contributed by atoms with E-state index in [4.69, 9.17) is 31.2 Å². The molecule has 9 heteroatoms. The number of nitrogens with zero attached hydrogens (tertiary/aromatic N) is 1. The van der Waals surface area contributed by atoms with Crippen LogP contribution in [0.3, 0.4) is 0 Å². The lowest BCUT2D eigenvalue weighted by molar-refractivity contribution is -0.129. The van der Waals surface area contributed by atoms with Gasteiger partial charge in [0, 0.05) is 41.1 Å². The third-order valence-electron chi connectivity index (χ3n) is 6.34. The van der Waals surface area contributed by atoms with Crippen LogP contribution in [-0.4, -0.2) is 42.2 Å². The quantitative estimate of drug-likeness (QED) is 0.134. The summed E-state index contributed by atoms with van der Waals surface area (Å²) in [5.41, 5.74) is 7.12. The van der Waals surface area contributed by atoms with Crippen LogP contribution in [0.5, 0.6) is 5.75 Å². The molecule has 0 saturated carbocycles. The molecule has 0 radical (unpaired) electrons. The highest BCUT2D eigenvalue weighted by Gasteiger charge is 2.52. The molecule has 3 N–H and O–H groups in total. The molecular formula is C30H31BrClN3O4. The number of aliphatic imine (C=N–C) groups is 1. The smallest absolute Gasteiger partial charge is 0.266 e. The van der Waals surface area contributed by atoms with Gasteiger partial charge in [-0.15, -0.1) is 6.58 Å². The number of rotatable bonds is 13. The number of carbonyl (C=O) groups excluding carboxylic acids is 1. The van der Waals surface area contributed by atoms with Crippen molar-refractivity contribution in [2.24, 2.45) is 4.99 Å². The lowest BCUT2D eigenvalue weighted by atomic mass is 9.84. The second-order valence-corrected chi connectivity index (χ2v) is 10.4. The summed E-state index contributed by atoms with van der Waals surface area (Å²) in [7, 11) is 0. The van der Waals surface area contributed by atoms with Crippen LogP contribution in [0.4, 0.5) is 0 Å². The molecule has 0 unspecified atom stereocenters. The Morgan fingerprint density at radius 2 is 1.90 bits per heavy atom. The van der Waals surface area contributed by atoms with Gasteiger partial charge < -0.3 is 14.6 Å². The Bertz CT molecular complexity index is 1300. The molecule has 3 aromatic carbocycles. The van der Waals surface area contributed by atoms with Crippen LogP contribution in [0.2, 0.25) is 5.02 Å². The predicted molar refractivity (Wildman–Crippen MR) is 157 cm³/mol. The molecule has 1 aliphatic heterocycles. The maximum absolute atomic E-state index is 13.8. The van der Waals surface area contributed by atoms with Crippen LogP contribution >= 0.6 is 27.5 Å². The third kappa shape index (κ3) is 7.08. The van der Waals surface area contributed by atoms with E-state index in [9.17, 15) is 4.79 Å². The van der Waals surface area contributed by atoms with E-state index >= 15 is 0 Å². The molecule has 3 aromatic rings. The lowest BCUT2D eigenvalue weighted by Crippen LogP contribution is -2.52. The van der Waals surface area contributed by atoms with Gasteiger partial charge in [-0.1, -0.05) is 63.9 Å². The Balaban J connectivity index is 1.57. The lowest BCUT2D eigenvalue weighted by Gasteiger charge is -2.29. The van der Waals surface area contributed by atoms with Crippen molar-refractivity contribution in [1.29, 1.82) is 0 Å². The highest BCUT2D eigenvalue weighted by Crippen LogP contribution is 2.43. The summed E-state index contributed by atoms with van der Waals surface area (Å²) in [6.07, 6.45) is 2.46. The number of hydrogen-bond donors (Lipinski definition) is 3. The van der Waals surface area contributed by atoms with Gasteiger partial charge in [0.2, 0.25) is 5.90 Å². The molecule has 0 bridgehead atoms. The molecule has 1 aliphatic rings. The van der Waals surface area contributed by atoms with Gasteiger partial charge in [0.15, 0.2) is 11.6 Å². The highest BCUT2D eigenvalue weighted by molar-refractivity contribution is 9.10. The first-order valence-electron chi connectivity index (χ1n) is 12.7. The van der Waals surface area contributed by atoms with E-state index in [1.165, 1.54) is 0 Å². The number of aliphatic hydroxyl groups is 1. The van der Waals surface area contributed by atoms with E-state index in [-0.39, 0.29) is 18.9 Å². The van der Waals surface area contributed by atoms with Crippen molar-refractivity contribution in [2.45, 2.75) is 30.9 Å². The van der Waals surface area contributed by atoms with Gasteiger partial charge in [-0.3, -0.25) is 10.2 Å². The average molecular weight is 613 g/mol. The first-order chi connectivity index (χ1) is 19.0. The maximum atomic E-state index is 13.8. The number of ether oxygens (including phenoxy) is 2. The third-order valence-corrected chi connectivity index (χ3v) is 7.23. The van der Waals surface area contributed by atoms with Crippen LogP contribution in [-0.2, 0) is 16.0 Å². The molecule has 0 aromatic heterocycles. The first kappa shape index (κ1) is 28.8. The van der Waals surface area contributed by atoms with E-state index in [2.05, 4.69) is 33.4 Å². The van der Waals surface area contributed by atoms with Crippen molar-refractivity contribution in [2.75, 3.05) is 19.8 Å². The van der Waals surface area contributed by atoms with Gasteiger partial charge in [0.1, 0.15) is 5.75 Å². The molecule has 2 atom stereocenters. The van der Waals surface area contributed by atoms with Gasteiger partial charge >= 0.3 is 0 Å². The van der Waals surface area contributed by atoms with Crippen molar-refractivity contribution in [1.82, 2.24) is 10.9 Å². The molecule has 4 rings (SSSR count). The normalized spacial score (nSPS) is 18.2. The molecule has 1 amide bonds. The Morgan fingerprint density at radius 1 is 1.15 bits per heavy atom. The summed E-state index contributed by atoms with van der Waals surface area (Å²) in [6, 6.07) is 22.6. The van der Waals surface area contributed by atoms with Crippen molar-refractivity contribution in [3.8, 4) is 5.75 Å². The second kappa shape index (κ2) is 13.8. The largest absolute Gasteiger partial charge is 0.494 e. The zero-order chi connectivity index (χ0) is 27.7. The number of hydrogen-bond acceptors (Lipinski definition) is 6. The minimum Gasteiger partial charge on any atom is -0.494 e. The molecule has 0 spiro atoms. The van der Waals surface area contributed by atoms with Crippen LogP contribution < -0.4 is 15.6 Å². The fraction of sp³-hybridized carbons (Fsp3) is 0.267. The molecule has 39 heavy (non-hydrogen) atoms. The number of carbonyl (C=O) groups is 1. The van der Waals surface area contributed by atoms with Gasteiger partial charge in [-0.05, 0) is 60.0 Å². The average Bonchev–Trinajstić information content (AvgIpc) is 3.33. The van der Waals surface area contributed by atoms with Crippen LogP contribution in [0, 0.1) is 0 Å². The first-order valence-corrected chi connectivity index (χ1v) is 13.9. The van der Waals surface area contributed by atoms with Gasteiger partial charge in [0.05, 0.1) is 6.61 Å². The predicted octanol–water partition coefficient (Wildman–Crippen LogP) is 5.56. The standard InChI is InChI=1S/C30H31BrClN3O4/c1-2-17-30(29(37)35-33-18-16-21-6-3-4-7-26(21)32)27(22-8-12-24(31)13-9-22)39-28(34-30)23-10-14-25(15-11-23)38-20-5-19-36/h2-4,6-15,27,33,36H,1,5,16-20H2,(H,35,37)/t27-,30-/m0/s1. The number of aliphatic hydroxyl groups excluding tert-OH is 1. The minimum atomic E-state index is -1.28. The van der Waals surface area contributed by atoms with Crippen LogP contribution in [0.15, 0.2) is 94.9 Å². The summed E-state index contributed by atoms with van der Waals surface area (Å²) in [6.45, 7) is 4.88. The number of hydrazine groups is 1. The molecule has 0 aliphatic carbocycles. The molecule has 204 valence electrons.